The Balaban J connectivity index is 1.33. The van der Waals surface area contributed by atoms with Crippen molar-refractivity contribution >= 4 is 27.7 Å². The minimum atomic E-state index is -0.164. The average Bonchev–Trinajstić information content (AvgIpc) is 2.70. The van der Waals surface area contributed by atoms with Crippen LogP contribution in [0.25, 0.3) is 0 Å². The first-order valence-corrected chi connectivity index (χ1v) is 10.5. The van der Waals surface area contributed by atoms with Crippen molar-refractivity contribution in [2.45, 2.75) is 31.8 Å². The van der Waals surface area contributed by atoms with Gasteiger partial charge in [-0.25, -0.2) is 0 Å². The van der Waals surface area contributed by atoms with Crippen LogP contribution in [0.15, 0.2) is 59.1 Å². The van der Waals surface area contributed by atoms with E-state index in [-0.39, 0.29) is 17.9 Å². The van der Waals surface area contributed by atoms with Crippen molar-refractivity contribution in [2.24, 2.45) is 0 Å². The lowest BCUT2D eigenvalue weighted by molar-refractivity contribution is -0.122. The Labute approximate surface area is 174 Å². The summed E-state index contributed by atoms with van der Waals surface area (Å²) in [7, 11) is 0. The van der Waals surface area contributed by atoms with E-state index in [2.05, 4.69) is 55.7 Å². The SMILES string of the molecule is O=C(CCNC(=O)c1cccc(Br)c1)NC1CCN(Cc2ccccc2)CC1. The van der Waals surface area contributed by atoms with E-state index in [4.69, 9.17) is 0 Å². The lowest BCUT2D eigenvalue weighted by Gasteiger charge is -2.32. The van der Waals surface area contributed by atoms with Crippen LogP contribution in [0.5, 0.6) is 0 Å². The van der Waals surface area contributed by atoms with Crippen LogP contribution in [-0.4, -0.2) is 42.4 Å². The predicted molar refractivity (Wildman–Crippen MR) is 114 cm³/mol. The third-order valence-electron chi connectivity index (χ3n) is 4.93. The normalized spacial score (nSPS) is 15.2. The maximum Gasteiger partial charge on any atom is 0.251 e. The van der Waals surface area contributed by atoms with Gasteiger partial charge in [0.25, 0.3) is 5.91 Å². The highest BCUT2D eigenvalue weighted by atomic mass is 79.9. The summed E-state index contributed by atoms with van der Waals surface area (Å²) in [6.07, 6.45) is 2.22. The Morgan fingerprint density at radius 3 is 2.50 bits per heavy atom. The van der Waals surface area contributed by atoms with Crippen LogP contribution in [0, 0.1) is 0 Å². The molecule has 2 N–H and O–H groups in total. The number of carbonyl (C=O) groups excluding carboxylic acids is 2. The summed E-state index contributed by atoms with van der Waals surface area (Å²) in [6.45, 7) is 3.27. The molecule has 0 atom stereocenters. The van der Waals surface area contributed by atoms with E-state index < -0.39 is 0 Å². The maximum atomic E-state index is 12.2. The lowest BCUT2D eigenvalue weighted by Crippen LogP contribution is -2.45. The van der Waals surface area contributed by atoms with Crippen molar-refractivity contribution in [3.05, 3.63) is 70.2 Å². The zero-order chi connectivity index (χ0) is 19.8. The van der Waals surface area contributed by atoms with Gasteiger partial charge in [0.2, 0.25) is 5.91 Å². The molecule has 2 aromatic rings. The number of hydrogen-bond acceptors (Lipinski definition) is 3. The number of likely N-dealkylation sites (tertiary alicyclic amines) is 1. The van der Waals surface area contributed by atoms with Crippen molar-refractivity contribution in [1.29, 1.82) is 0 Å². The van der Waals surface area contributed by atoms with Crippen molar-refractivity contribution < 1.29 is 9.59 Å². The number of rotatable bonds is 7. The number of piperidine rings is 1. The van der Waals surface area contributed by atoms with E-state index in [1.807, 2.05) is 18.2 Å². The molecule has 0 radical (unpaired) electrons. The van der Waals surface area contributed by atoms with Gasteiger partial charge in [0.1, 0.15) is 0 Å². The van der Waals surface area contributed by atoms with Gasteiger partial charge < -0.3 is 10.6 Å². The Hall–Kier alpha value is -2.18. The summed E-state index contributed by atoms with van der Waals surface area (Å²) in [4.78, 5) is 26.7. The molecule has 0 aromatic heterocycles. The number of halogens is 1. The van der Waals surface area contributed by atoms with Crippen LogP contribution in [-0.2, 0) is 11.3 Å². The number of carbonyl (C=O) groups is 2. The summed E-state index contributed by atoms with van der Waals surface area (Å²) in [5.41, 5.74) is 1.91. The first-order valence-electron chi connectivity index (χ1n) is 9.69. The second kappa shape index (κ2) is 10.4. The van der Waals surface area contributed by atoms with E-state index in [9.17, 15) is 9.59 Å². The van der Waals surface area contributed by atoms with E-state index >= 15 is 0 Å². The Morgan fingerprint density at radius 1 is 1.04 bits per heavy atom. The van der Waals surface area contributed by atoms with Crippen LogP contribution in [0.3, 0.4) is 0 Å². The van der Waals surface area contributed by atoms with Crippen LogP contribution >= 0.6 is 15.9 Å². The molecule has 1 aliphatic heterocycles. The van der Waals surface area contributed by atoms with Gasteiger partial charge in [0.05, 0.1) is 0 Å². The van der Waals surface area contributed by atoms with Gasteiger partial charge in [-0.2, -0.15) is 0 Å². The molecule has 0 unspecified atom stereocenters. The highest BCUT2D eigenvalue weighted by Gasteiger charge is 2.20. The maximum absolute atomic E-state index is 12.2. The highest BCUT2D eigenvalue weighted by molar-refractivity contribution is 9.10. The number of hydrogen-bond donors (Lipinski definition) is 2. The molecule has 148 valence electrons. The van der Waals surface area contributed by atoms with Gasteiger partial charge in [-0.15, -0.1) is 0 Å². The van der Waals surface area contributed by atoms with Crippen LogP contribution in [0.4, 0.5) is 0 Å². The molecule has 1 aliphatic rings. The summed E-state index contributed by atoms with van der Waals surface area (Å²) in [6, 6.07) is 17.9. The standard InChI is InChI=1S/C22H26BrN3O2/c23-19-8-4-7-18(15-19)22(28)24-12-9-21(27)25-20-10-13-26(14-11-20)16-17-5-2-1-3-6-17/h1-8,15,20H,9-14,16H2,(H,24,28)(H,25,27). The monoisotopic (exact) mass is 443 g/mol. The van der Waals surface area contributed by atoms with Gasteiger partial charge in [-0.05, 0) is 36.6 Å². The average molecular weight is 444 g/mol. The molecule has 0 saturated carbocycles. The molecule has 1 fully saturated rings. The third kappa shape index (κ3) is 6.46. The van der Waals surface area contributed by atoms with E-state index in [1.165, 1.54) is 5.56 Å². The summed E-state index contributed by atoms with van der Waals surface area (Å²) in [5.74, 6) is -0.167. The summed E-state index contributed by atoms with van der Waals surface area (Å²) < 4.78 is 0.858. The number of benzene rings is 2. The Bertz CT molecular complexity index is 789. The molecular weight excluding hydrogens is 418 g/mol. The third-order valence-corrected chi connectivity index (χ3v) is 5.42. The Kier molecular flexibility index (Phi) is 7.62. The molecule has 2 amide bonds. The number of amides is 2. The molecule has 1 heterocycles. The zero-order valence-electron chi connectivity index (χ0n) is 15.9. The van der Waals surface area contributed by atoms with Crippen LogP contribution < -0.4 is 10.6 Å². The van der Waals surface area contributed by atoms with Crippen molar-refractivity contribution in [1.82, 2.24) is 15.5 Å². The van der Waals surface area contributed by atoms with Gasteiger partial charge in [-0.1, -0.05) is 52.3 Å². The molecule has 0 bridgehead atoms. The lowest BCUT2D eigenvalue weighted by atomic mass is 10.0. The van der Waals surface area contributed by atoms with Crippen molar-refractivity contribution in [2.75, 3.05) is 19.6 Å². The van der Waals surface area contributed by atoms with E-state index in [1.54, 1.807) is 12.1 Å². The quantitative estimate of drug-likeness (QED) is 0.689. The molecule has 0 aliphatic carbocycles. The van der Waals surface area contributed by atoms with Crippen LogP contribution in [0.1, 0.15) is 35.2 Å². The molecule has 28 heavy (non-hydrogen) atoms. The first kappa shape index (κ1) is 20.6. The number of nitrogens with zero attached hydrogens (tertiary/aromatic N) is 1. The fraction of sp³-hybridized carbons (Fsp3) is 0.364. The molecule has 1 saturated heterocycles. The van der Waals surface area contributed by atoms with E-state index in [0.29, 0.717) is 18.5 Å². The van der Waals surface area contributed by atoms with Gasteiger partial charge in [0.15, 0.2) is 0 Å². The highest BCUT2D eigenvalue weighted by Crippen LogP contribution is 2.14. The predicted octanol–water partition coefficient (Wildman–Crippen LogP) is 3.35. The zero-order valence-corrected chi connectivity index (χ0v) is 17.5. The minimum absolute atomic E-state index is 0.00366. The molecule has 5 nitrogen and oxygen atoms in total. The van der Waals surface area contributed by atoms with Gasteiger partial charge in [-0.3, -0.25) is 14.5 Å². The van der Waals surface area contributed by atoms with E-state index in [0.717, 1.165) is 36.9 Å². The largest absolute Gasteiger partial charge is 0.353 e. The first-order chi connectivity index (χ1) is 13.6. The second-order valence-corrected chi connectivity index (χ2v) is 8.04. The van der Waals surface area contributed by atoms with Crippen LogP contribution in [0.2, 0.25) is 0 Å². The topological polar surface area (TPSA) is 61.4 Å². The molecule has 6 heteroatoms. The molecular formula is C22H26BrN3O2. The fourth-order valence-electron chi connectivity index (χ4n) is 3.40. The number of nitrogens with one attached hydrogen (secondary N) is 2. The van der Waals surface area contributed by atoms with Crippen molar-refractivity contribution in [3.63, 3.8) is 0 Å². The smallest absolute Gasteiger partial charge is 0.251 e. The Morgan fingerprint density at radius 2 is 1.79 bits per heavy atom. The molecule has 0 spiro atoms. The summed E-state index contributed by atoms with van der Waals surface area (Å²) in [5, 5.41) is 5.90. The minimum Gasteiger partial charge on any atom is -0.353 e. The molecule has 2 aromatic carbocycles. The van der Waals surface area contributed by atoms with Gasteiger partial charge in [0, 0.05) is 48.7 Å². The van der Waals surface area contributed by atoms with Gasteiger partial charge >= 0.3 is 0 Å². The summed E-state index contributed by atoms with van der Waals surface area (Å²) >= 11 is 3.35. The second-order valence-electron chi connectivity index (χ2n) is 7.12. The molecule has 3 rings (SSSR count). The fourth-order valence-corrected chi connectivity index (χ4v) is 3.80. The van der Waals surface area contributed by atoms with Crippen molar-refractivity contribution in [3.8, 4) is 0 Å².